The summed E-state index contributed by atoms with van der Waals surface area (Å²) in [5.41, 5.74) is 0. The second-order valence-corrected chi connectivity index (χ2v) is 4.02. The number of furan rings is 1. The molecule has 0 radical (unpaired) electrons. The number of aryl methyl sites for hydroxylation is 1. The van der Waals surface area contributed by atoms with Crippen LogP contribution in [-0.4, -0.2) is 11.2 Å². The molecule has 0 amide bonds. The number of hydrogen-bond donors (Lipinski definition) is 2. The van der Waals surface area contributed by atoms with Crippen molar-refractivity contribution in [3.05, 3.63) is 23.7 Å². The van der Waals surface area contributed by atoms with Crippen molar-refractivity contribution in [1.82, 2.24) is 10.6 Å². The van der Waals surface area contributed by atoms with Crippen LogP contribution in [0.2, 0.25) is 0 Å². The molecule has 3 nitrogen and oxygen atoms in total. The minimum Gasteiger partial charge on any atom is -0.465 e. The molecule has 76 valence electrons. The standard InChI is InChI=1S/C10H14N2OS/c1-7-2-5-9(13-7)6-11-10(14)12-8-3-4-8/h2,5,8H,3-4,6H2,1H3,(H2,11,12,14). The molecule has 1 saturated carbocycles. The van der Waals surface area contributed by atoms with Crippen molar-refractivity contribution in [2.24, 2.45) is 0 Å². The Bertz CT molecular complexity index is 331. The summed E-state index contributed by atoms with van der Waals surface area (Å²) in [6, 6.07) is 4.52. The van der Waals surface area contributed by atoms with Crippen molar-refractivity contribution in [3.63, 3.8) is 0 Å². The molecule has 2 rings (SSSR count). The molecule has 4 heteroatoms. The van der Waals surface area contributed by atoms with E-state index in [0.29, 0.717) is 12.6 Å². The highest BCUT2D eigenvalue weighted by molar-refractivity contribution is 7.80. The van der Waals surface area contributed by atoms with Crippen LogP contribution in [-0.2, 0) is 6.54 Å². The first kappa shape index (κ1) is 9.52. The third kappa shape index (κ3) is 2.73. The van der Waals surface area contributed by atoms with Crippen molar-refractivity contribution in [2.45, 2.75) is 32.4 Å². The maximum absolute atomic E-state index is 5.40. The lowest BCUT2D eigenvalue weighted by molar-refractivity contribution is 0.477. The Balaban J connectivity index is 1.73. The third-order valence-electron chi connectivity index (χ3n) is 2.13. The fraction of sp³-hybridized carbons (Fsp3) is 0.500. The summed E-state index contributed by atoms with van der Waals surface area (Å²) in [4.78, 5) is 0. The van der Waals surface area contributed by atoms with Gasteiger partial charge in [0.05, 0.1) is 6.54 Å². The highest BCUT2D eigenvalue weighted by Crippen LogP contribution is 2.18. The molecule has 0 spiro atoms. The van der Waals surface area contributed by atoms with Crippen molar-refractivity contribution < 1.29 is 4.42 Å². The molecule has 1 heterocycles. The van der Waals surface area contributed by atoms with E-state index in [2.05, 4.69) is 10.6 Å². The van der Waals surface area contributed by atoms with Gasteiger partial charge in [-0.2, -0.15) is 0 Å². The molecule has 2 N–H and O–H groups in total. The van der Waals surface area contributed by atoms with Gasteiger partial charge in [-0.3, -0.25) is 0 Å². The summed E-state index contributed by atoms with van der Waals surface area (Å²) in [6.07, 6.45) is 2.48. The molecule has 0 aromatic carbocycles. The van der Waals surface area contributed by atoms with Crippen LogP contribution < -0.4 is 10.6 Å². The first-order valence-corrected chi connectivity index (χ1v) is 5.24. The van der Waals surface area contributed by atoms with Crippen LogP contribution in [0.25, 0.3) is 0 Å². The van der Waals surface area contributed by atoms with Gasteiger partial charge in [0.15, 0.2) is 5.11 Å². The quantitative estimate of drug-likeness (QED) is 0.745. The van der Waals surface area contributed by atoms with Crippen molar-refractivity contribution in [2.75, 3.05) is 0 Å². The lowest BCUT2D eigenvalue weighted by atomic mass is 10.4. The summed E-state index contributed by atoms with van der Waals surface area (Å²) >= 11 is 5.11. The number of hydrogen-bond acceptors (Lipinski definition) is 2. The van der Waals surface area contributed by atoms with Gasteiger partial charge in [0, 0.05) is 6.04 Å². The van der Waals surface area contributed by atoms with Gasteiger partial charge in [-0.25, -0.2) is 0 Å². The van der Waals surface area contributed by atoms with Gasteiger partial charge in [-0.05, 0) is 44.1 Å². The molecule has 1 fully saturated rings. The van der Waals surface area contributed by atoms with E-state index in [1.165, 1.54) is 12.8 Å². The van der Waals surface area contributed by atoms with Crippen molar-refractivity contribution in [1.29, 1.82) is 0 Å². The zero-order chi connectivity index (χ0) is 9.97. The average Bonchev–Trinajstić information content (AvgIpc) is 2.85. The van der Waals surface area contributed by atoms with E-state index in [-0.39, 0.29) is 0 Å². The van der Waals surface area contributed by atoms with E-state index in [1.54, 1.807) is 0 Å². The summed E-state index contributed by atoms with van der Waals surface area (Å²) in [5.74, 6) is 1.85. The van der Waals surface area contributed by atoms with Gasteiger partial charge in [0.25, 0.3) is 0 Å². The maximum atomic E-state index is 5.40. The molecule has 1 aliphatic rings. The lowest BCUT2D eigenvalue weighted by Crippen LogP contribution is -2.35. The smallest absolute Gasteiger partial charge is 0.166 e. The normalized spacial score (nSPS) is 15.2. The maximum Gasteiger partial charge on any atom is 0.166 e. The molecule has 0 unspecified atom stereocenters. The van der Waals surface area contributed by atoms with Crippen LogP contribution in [0.1, 0.15) is 24.4 Å². The van der Waals surface area contributed by atoms with Gasteiger partial charge < -0.3 is 15.1 Å². The van der Waals surface area contributed by atoms with Crippen LogP contribution in [0.15, 0.2) is 16.5 Å². The minimum atomic E-state index is 0.605. The molecule has 14 heavy (non-hydrogen) atoms. The number of nitrogens with one attached hydrogen (secondary N) is 2. The Hall–Kier alpha value is -1.03. The van der Waals surface area contributed by atoms with Gasteiger partial charge in [0.1, 0.15) is 11.5 Å². The van der Waals surface area contributed by atoms with E-state index in [4.69, 9.17) is 16.6 Å². The summed E-state index contributed by atoms with van der Waals surface area (Å²) in [5, 5.41) is 7.04. The van der Waals surface area contributed by atoms with Crippen LogP contribution in [0.5, 0.6) is 0 Å². The van der Waals surface area contributed by atoms with E-state index >= 15 is 0 Å². The van der Waals surface area contributed by atoms with Gasteiger partial charge in [-0.15, -0.1) is 0 Å². The van der Waals surface area contributed by atoms with Crippen molar-refractivity contribution >= 4 is 17.3 Å². The zero-order valence-corrected chi connectivity index (χ0v) is 8.99. The predicted molar refractivity (Wildman–Crippen MR) is 59.0 cm³/mol. The average molecular weight is 210 g/mol. The highest BCUT2D eigenvalue weighted by Gasteiger charge is 2.21. The zero-order valence-electron chi connectivity index (χ0n) is 8.17. The Kier molecular flexibility index (Phi) is 2.72. The fourth-order valence-corrected chi connectivity index (χ4v) is 1.45. The SMILES string of the molecule is Cc1ccc(CNC(=S)NC2CC2)o1. The van der Waals surface area contributed by atoms with Crippen LogP contribution in [0.4, 0.5) is 0 Å². The first-order valence-electron chi connectivity index (χ1n) is 4.84. The predicted octanol–water partition coefficient (Wildman–Crippen LogP) is 1.71. The largest absolute Gasteiger partial charge is 0.465 e. The molecule has 0 aliphatic heterocycles. The monoisotopic (exact) mass is 210 g/mol. The van der Waals surface area contributed by atoms with Gasteiger partial charge in [-0.1, -0.05) is 0 Å². The molecule has 1 aliphatic carbocycles. The van der Waals surface area contributed by atoms with E-state index < -0.39 is 0 Å². The molecule has 0 atom stereocenters. The number of thiocarbonyl (C=S) groups is 1. The lowest BCUT2D eigenvalue weighted by Gasteiger charge is -2.07. The molecule has 0 bridgehead atoms. The molecular weight excluding hydrogens is 196 g/mol. The third-order valence-corrected chi connectivity index (χ3v) is 2.39. The van der Waals surface area contributed by atoms with Crippen molar-refractivity contribution in [3.8, 4) is 0 Å². The van der Waals surface area contributed by atoms with Crippen LogP contribution in [0.3, 0.4) is 0 Å². The van der Waals surface area contributed by atoms with Crippen LogP contribution in [0, 0.1) is 6.92 Å². The molecule has 1 aromatic rings. The minimum absolute atomic E-state index is 0.605. The Labute approximate surface area is 88.9 Å². The summed E-state index contributed by atoms with van der Waals surface area (Å²) < 4.78 is 5.40. The molecule has 1 aromatic heterocycles. The van der Waals surface area contributed by atoms with E-state index in [1.807, 2.05) is 19.1 Å². The van der Waals surface area contributed by atoms with E-state index in [0.717, 1.165) is 16.6 Å². The molecule has 0 saturated heterocycles. The Morgan fingerprint density at radius 3 is 2.93 bits per heavy atom. The van der Waals surface area contributed by atoms with E-state index in [9.17, 15) is 0 Å². The Morgan fingerprint density at radius 2 is 2.36 bits per heavy atom. The summed E-state index contributed by atoms with van der Waals surface area (Å²) in [7, 11) is 0. The fourth-order valence-electron chi connectivity index (χ4n) is 1.21. The first-order chi connectivity index (χ1) is 6.74. The topological polar surface area (TPSA) is 37.2 Å². The summed E-state index contributed by atoms with van der Waals surface area (Å²) in [6.45, 7) is 2.59. The highest BCUT2D eigenvalue weighted by atomic mass is 32.1. The van der Waals surface area contributed by atoms with Gasteiger partial charge >= 0.3 is 0 Å². The molecular formula is C10H14N2OS. The Morgan fingerprint density at radius 1 is 1.57 bits per heavy atom. The number of rotatable bonds is 3. The van der Waals surface area contributed by atoms with Gasteiger partial charge in [0.2, 0.25) is 0 Å². The van der Waals surface area contributed by atoms with Crippen LogP contribution >= 0.6 is 12.2 Å². The second-order valence-electron chi connectivity index (χ2n) is 3.61. The second kappa shape index (κ2) is 4.00.